The average Bonchev–Trinajstić information content (AvgIpc) is 2.64. The SMILES string of the molecule is CN(C)CCNC(C#N)C1CCSC1. The Morgan fingerprint density at radius 3 is 2.93 bits per heavy atom. The molecule has 2 unspecified atom stereocenters. The van der Waals surface area contributed by atoms with Crippen LogP contribution in [0.2, 0.25) is 0 Å². The molecule has 14 heavy (non-hydrogen) atoms. The van der Waals surface area contributed by atoms with Crippen molar-refractivity contribution in [3.63, 3.8) is 0 Å². The van der Waals surface area contributed by atoms with Crippen molar-refractivity contribution in [1.29, 1.82) is 5.26 Å². The fraction of sp³-hybridized carbons (Fsp3) is 0.900. The lowest BCUT2D eigenvalue weighted by Gasteiger charge is -2.18. The largest absolute Gasteiger partial charge is 0.308 e. The molecule has 0 aromatic carbocycles. The van der Waals surface area contributed by atoms with Gasteiger partial charge in [-0.05, 0) is 37.9 Å². The molecule has 0 aromatic heterocycles. The Labute approximate surface area is 90.8 Å². The van der Waals surface area contributed by atoms with E-state index < -0.39 is 0 Å². The van der Waals surface area contributed by atoms with Crippen molar-refractivity contribution in [2.45, 2.75) is 12.5 Å². The molecular weight excluding hydrogens is 194 g/mol. The van der Waals surface area contributed by atoms with Gasteiger partial charge in [0.15, 0.2) is 0 Å². The molecular formula is C10H19N3S. The topological polar surface area (TPSA) is 39.1 Å². The van der Waals surface area contributed by atoms with E-state index in [1.807, 2.05) is 11.8 Å². The number of nitrogens with zero attached hydrogens (tertiary/aromatic N) is 2. The summed E-state index contributed by atoms with van der Waals surface area (Å²) >= 11 is 1.96. The highest BCUT2D eigenvalue weighted by atomic mass is 32.2. The smallest absolute Gasteiger partial charge is 0.0990 e. The molecule has 0 saturated carbocycles. The molecule has 3 nitrogen and oxygen atoms in total. The molecule has 1 fully saturated rings. The Hall–Kier alpha value is -0.240. The standard InChI is InChI=1S/C10H19N3S/c1-13(2)5-4-12-10(7-11)9-3-6-14-8-9/h9-10,12H,3-6,8H2,1-2H3. The van der Waals surface area contributed by atoms with Crippen molar-refractivity contribution in [1.82, 2.24) is 10.2 Å². The van der Waals surface area contributed by atoms with Gasteiger partial charge < -0.3 is 10.2 Å². The van der Waals surface area contributed by atoms with Gasteiger partial charge in [-0.15, -0.1) is 0 Å². The molecule has 0 amide bonds. The van der Waals surface area contributed by atoms with Crippen LogP contribution in [0.1, 0.15) is 6.42 Å². The molecule has 1 aliphatic heterocycles. The number of rotatable bonds is 5. The predicted molar refractivity (Wildman–Crippen MR) is 61.4 cm³/mol. The number of hydrogen-bond acceptors (Lipinski definition) is 4. The maximum atomic E-state index is 9.02. The highest BCUT2D eigenvalue weighted by molar-refractivity contribution is 7.99. The van der Waals surface area contributed by atoms with Gasteiger partial charge in [-0.2, -0.15) is 17.0 Å². The molecule has 1 aliphatic rings. The second kappa shape index (κ2) is 6.28. The third-order valence-corrected chi connectivity index (χ3v) is 3.69. The number of likely N-dealkylation sites (N-methyl/N-ethyl adjacent to an activating group) is 1. The van der Waals surface area contributed by atoms with Gasteiger partial charge in [0.1, 0.15) is 0 Å². The van der Waals surface area contributed by atoms with Gasteiger partial charge in [0.05, 0.1) is 12.1 Å². The normalized spacial score (nSPS) is 23.7. The van der Waals surface area contributed by atoms with Crippen molar-refractivity contribution < 1.29 is 0 Å². The predicted octanol–water partition coefficient (Wildman–Crippen LogP) is 0.783. The maximum absolute atomic E-state index is 9.02. The number of nitrogens with one attached hydrogen (secondary N) is 1. The van der Waals surface area contributed by atoms with Gasteiger partial charge in [0, 0.05) is 13.1 Å². The first-order valence-corrected chi connectivity index (χ1v) is 6.25. The van der Waals surface area contributed by atoms with Crippen LogP contribution < -0.4 is 5.32 Å². The van der Waals surface area contributed by atoms with E-state index in [9.17, 15) is 0 Å². The third kappa shape index (κ3) is 3.87. The Morgan fingerprint density at radius 2 is 2.43 bits per heavy atom. The maximum Gasteiger partial charge on any atom is 0.0990 e. The minimum Gasteiger partial charge on any atom is -0.308 e. The van der Waals surface area contributed by atoms with E-state index in [1.54, 1.807) is 0 Å². The molecule has 2 atom stereocenters. The monoisotopic (exact) mass is 213 g/mol. The van der Waals surface area contributed by atoms with Crippen molar-refractivity contribution in [2.75, 3.05) is 38.7 Å². The molecule has 0 aromatic rings. The van der Waals surface area contributed by atoms with E-state index in [0.717, 1.165) is 18.8 Å². The Kier molecular flexibility index (Phi) is 5.31. The molecule has 1 heterocycles. The van der Waals surface area contributed by atoms with Gasteiger partial charge in [0.2, 0.25) is 0 Å². The summed E-state index contributed by atoms with van der Waals surface area (Å²) < 4.78 is 0. The minimum atomic E-state index is 0.0601. The molecule has 4 heteroatoms. The highest BCUT2D eigenvalue weighted by Gasteiger charge is 2.24. The summed E-state index contributed by atoms with van der Waals surface area (Å²) in [6.07, 6.45) is 1.19. The van der Waals surface area contributed by atoms with Crippen LogP contribution in [0.15, 0.2) is 0 Å². The van der Waals surface area contributed by atoms with E-state index >= 15 is 0 Å². The van der Waals surface area contributed by atoms with Crippen LogP contribution in [-0.4, -0.2) is 49.6 Å². The van der Waals surface area contributed by atoms with Crippen LogP contribution in [0.3, 0.4) is 0 Å². The van der Waals surface area contributed by atoms with E-state index in [-0.39, 0.29) is 6.04 Å². The second-order valence-corrected chi connectivity index (χ2v) is 5.14. The summed E-state index contributed by atoms with van der Waals surface area (Å²) in [5.74, 6) is 2.93. The summed E-state index contributed by atoms with van der Waals surface area (Å²) in [4.78, 5) is 2.13. The van der Waals surface area contributed by atoms with Crippen molar-refractivity contribution >= 4 is 11.8 Å². The minimum absolute atomic E-state index is 0.0601. The Balaban J connectivity index is 2.21. The van der Waals surface area contributed by atoms with Crippen molar-refractivity contribution in [3.8, 4) is 6.07 Å². The zero-order valence-corrected chi connectivity index (χ0v) is 9.81. The summed E-state index contributed by atoms with van der Waals surface area (Å²) in [5.41, 5.74) is 0. The first-order chi connectivity index (χ1) is 6.74. The summed E-state index contributed by atoms with van der Waals surface area (Å²) in [7, 11) is 4.10. The van der Waals surface area contributed by atoms with Crippen LogP contribution in [0.4, 0.5) is 0 Å². The van der Waals surface area contributed by atoms with Crippen molar-refractivity contribution in [2.24, 2.45) is 5.92 Å². The zero-order chi connectivity index (χ0) is 10.4. The van der Waals surface area contributed by atoms with E-state index in [4.69, 9.17) is 5.26 Å². The third-order valence-electron chi connectivity index (χ3n) is 2.50. The quantitative estimate of drug-likeness (QED) is 0.732. The molecule has 80 valence electrons. The molecule has 1 N–H and O–H groups in total. The number of thioether (sulfide) groups is 1. The first-order valence-electron chi connectivity index (χ1n) is 5.09. The lowest BCUT2D eigenvalue weighted by atomic mass is 10.0. The van der Waals surface area contributed by atoms with Gasteiger partial charge in [-0.25, -0.2) is 0 Å². The lowest BCUT2D eigenvalue weighted by Crippen LogP contribution is -2.38. The number of nitriles is 1. The van der Waals surface area contributed by atoms with Crippen LogP contribution >= 0.6 is 11.8 Å². The van der Waals surface area contributed by atoms with E-state index in [1.165, 1.54) is 12.2 Å². The fourth-order valence-electron chi connectivity index (χ4n) is 1.58. The first kappa shape index (κ1) is 11.8. The highest BCUT2D eigenvalue weighted by Crippen LogP contribution is 2.25. The van der Waals surface area contributed by atoms with E-state index in [0.29, 0.717) is 5.92 Å². The van der Waals surface area contributed by atoms with Gasteiger partial charge >= 0.3 is 0 Å². The van der Waals surface area contributed by atoms with Crippen molar-refractivity contribution in [3.05, 3.63) is 0 Å². The molecule has 1 saturated heterocycles. The molecule has 1 rings (SSSR count). The molecule has 0 spiro atoms. The van der Waals surface area contributed by atoms with Gasteiger partial charge in [-0.1, -0.05) is 0 Å². The fourth-order valence-corrected chi connectivity index (χ4v) is 2.87. The lowest BCUT2D eigenvalue weighted by molar-refractivity contribution is 0.372. The Bertz CT molecular complexity index is 194. The van der Waals surface area contributed by atoms with Gasteiger partial charge in [0.25, 0.3) is 0 Å². The second-order valence-electron chi connectivity index (χ2n) is 3.99. The summed E-state index contributed by atoms with van der Waals surface area (Å²) in [6, 6.07) is 2.43. The molecule has 0 aliphatic carbocycles. The summed E-state index contributed by atoms with van der Waals surface area (Å²) in [6.45, 7) is 1.91. The van der Waals surface area contributed by atoms with Crippen LogP contribution in [0.25, 0.3) is 0 Å². The van der Waals surface area contributed by atoms with Gasteiger partial charge in [-0.3, -0.25) is 0 Å². The Morgan fingerprint density at radius 1 is 1.64 bits per heavy atom. The summed E-state index contributed by atoms with van der Waals surface area (Å²) in [5, 5.41) is 12.3. The average molecular weight is 213 g/mol. The van der Waals surface area contributed by atoms with Crippen LogP contribution in [0, 0.1) is 17.2 Å². The molecule has 0 radical (unpaired) electrons. The number of hydrogen-bond donors (Lipinski definition) is 1. The van der Waals surface area contributed by atoms with E-state index in [2.05, 4.69) is 30.4 Å². The van der Waals surface area contributed by atoms with Crippen LogP contribution in [-0.2, 0) is 0 Å². The van der Waals surface area contributed by atoms with Crippen LogP contribution in [0.5, 0.6) is 0 Å². The zero-order valence-electron chi connectivity index (χ0n) is 8.99. The molecule has 0 bridgehead atoms.